The molecule has 2 N–H and O–H groups in total. The van der Waals surface area contributed by atoms with E-state index >= 15 is 0 Å². The number of hydrogen-bond acceptors (Lipinski definition) is 7. The summed E-state index contributed by atoms with van der Waals surface area (Å²) in [6.45, 7) is -0.299. The molecule has 0 rings (SSSR count). The van der Waals surface area contributed by atoms with Crippen LogP contribution in [0.4, 0.5) is 0 Å². The Morgan fingerprint density at radius 2 is 1.60 bits per heavy atom. The fourth-order valence-corrected chi connectivity index (χ4v) is 2.00. The molecule has 0 atom stereocenters. The second-order valence-corrected chi connectivity index (χ2v) is 4.96. The van der Waals surface area contributed by atoms with Gasteiger partial charge in [-0.1, -0.05) is 0 Å². The topological polar surface area (TPSA) is 127 Å². The lowest BCUT2D eigenvalue weighted by atomic mass is 10.2. The highest BCUT2D eigenvalue weighted by Crippen LogP contribution is 2.03. The van der Waals surface area contributed by atoms with Gasteiger partial charge in [0.1, 0.15) is 0 Å². The van der Waals surface area contributed by atoms with E-state index in [2.05, 4.69) is 7.81 Å². The quantitative estimate of drug-likeness (QED) is 0.432. The Kier molecular flexibility index (Phi) is 6.24. The van der Waals surface area contributed by atoms with Crippen molar-refractivity contribution in [1.29, 1.82) is 0 Å². The van der Waals surface area contributed by atoms with E-state index in [1.165, 1.54) is 0 Å². The SMILES string of the molecule is O=S(=O)(O)OS(=O)(=O)OCCCCCO. The van der Waals surface area contributed by atoms with E-state index in [-0.39, 0.29) is 13.2 Å². The van der Waals surface area contributed by atoms with Crippen molar-refractivity contribution >= 4 is 20.8 Å². The summed E-state index contributed by atoms with van der Waals surface area (Å²) in [5.74, 6) is 0. The number of aliphatic hydroxyl groups is 1. The molecule has 0 amide bonds. The average Bonchev–Trinajstić information content (AvgIpc) is 1.99. The highest BCUT2D eigenvalue weighted by molar-refractivity contribution is 7.94. The van der Waals surface area contributed by atoms with Crippen molar-refractivity contribution in [3.63, 3.8) is 0 Å². The standard InChI is InChI=1S/C5H12O8S2/c6-4-2-1-3-5-12-15(10,11)13-14(7,8)9/h6H,1-5H2,(H,7,8,9). The number of hydrogen-bond donors (Lipinski definition) is 2. The maximum atomic E-state index is 10.6. The molecule has 0 aromatic carbocycles. The van der Waals surface area contributed by atoms with Gasteiger partial charge in [0, 0.05) is 6.61 Å². The fourth-order valence-electron chi connectivity index (χ4n) is 0.677. The average molecular weight is 264 g/mol. The first-order valence-electron chi connectivity index (χ1n) is 3.95. The van der Waals surface area contributed by atoms with Crippen LogP contribution in [0.5, 0.6) is 0 Å². The zero-order valence-corrected chi connectivity index (χ0v) is 9.33. The molecule has 0 radical (unpaired) electrons. The van der Waals surface area contributed by atoms with Crippen LogP contribution in [0.25, 0.3) is 0 Å². The van der Waals surface area contributed by atoms with E-state index in [1.54, 1.807) is 0 Å². The Hall–Kier alpha value is -0.260. The molecule has 0 heterocycles. The highest BCUT2D eigenvalue weighted by Gasteiger charge is 2.20. The summed E-state index contributed by atoms with van der Waals surface area (Å²) in [6, 6.07) is 0. The Morgan fingerprint density at radius 1 is 1.00 bits per heavy atom. The van der Waals surface area contributed by atoms with Crippen LogP contribution >= 0.6 is 0 Å². The molecule has 0 fully saturated rings. The normalized spacial score (nSPS) is 12.9. The third kappa shape index (κ3) is 10.0. The van der Waals surface area contributed by atoms with Crippen LogP contribution in [0, 0.1) is 0 Å². The van der Waals surface area contributed by atoms with Gasteiger partial charge in [-0.3, -0.25) is 4.55 Å². The van der Waals surface area contributed by atoms with Gasteiger partial charge in [0.15, 0.2) is 0 Å². The maximum Gasteiger partial charge on any atom is 0.416 e. The van der Waals surface area contributed by atoms with Gasteiger partial charge in [-0.2, -0.15) is 16.8 Å². The molecule has 15 heavy (non-hydrogen) atoms. The second kappa shape index (κ2) is 6.35. The molecule has 10 heteroatoms. The van der Waals surface area contributed by atoms with E-state index in [0.717, 1.165) is 0 Å². The first kappa shape index (κ1) is 14.7. The van der Waals surface area contributed by atoms with Crippen LogP contribution in [0.2, 0.25) is 0 Å². The molecule has 0 aliphatic rings. The van der Waals surface area contributed by atoms with Crippen molar-refractivity contribution < 1.29 is 34.3 Å². The summed E-state index contributed by atoms with van der Waals surface area (Å²) in [7, 11) is -9.81. The lowest BCUT2D eigenvalue weighted by molar-refractivity contribution is 0.247. The summed E-state index contributed by atoms with van der Waals surface area (Å²) in [5, 5.41) is 8.38. The molecule has 8 nitrogen and oxygen atoms in total. The van der Waals surface area contributed by atoms with Crippen molar-refractivity contribution in [1.82, 2.24) is 0 Å². The molecule has 0 saturated heterocycles. The summed E-state index contributed by atoms with van der Waals surface area (Å²) in [6.07, 6.45) is 1.33. The third-order valence-electron chi connectivity index (χ3n) is 1.20. The molecule has 0 aromatic rings. The molecule has 0 aromatic heterocycles. The van der Waals surface area contributed by atoms with Crippen molar-refractivity contribution in [2.75, 3.05) is 13.2 Å². The van der Waals surface area contributed by atoms with Crippen molar-refractivity contribution in [3.05, 3.63) is 0 Å². The van der Waals surface area contributed by atoms with Gasteiger partial charge in [-0.15, -0.1) is 3.63 Å². The van der Waals surface area contributed by atoms with E-state index in [0.29, 0.717) is 19.3 Å². The lowest BCUT2D eigenvalue weighted by Crippen LogP contribution is -2.15. The Morgan fingerprint density at radius 3 is 2.07 bits per heavy atom. The predicted octanol–water partition coefficient (Wildman–Crippen LogP) is -0.770. The van der Waals surface area contributed by atoms with Gasteiger partial charge in [0.2, 0.25) is 0 Å². The lowest BCUT2D eigenvalue weighted by Gasteiger charge is -2.02. The molecular formula is C5H12O8S2. The minimum Gasteiger partial charge on any atom is -0.396 e. The fraction of sp³-hybridized carbons (Fsp3) is 1.00. The zero-order chi connectivity index (χ0) is 11.9. The van der Waals surface area contributed by atoms with E-state index in [1.807, 2.05) is 0 Å². The smallest absolute Gasteiger partial charge is 0.396 e. The highest BCUT2D eigenvalue weighted by atomic mass is 32.3. The van der Waals surface area contributed by atoms with Crippen molar-refractivity contribution in [3.8, 4) is 0 Å². The minimum atomic E-state index is -5.08. The first-order chi connectivity index (χ1) is 6.77. The monoisotopic (exact) mass is 264 g/mol. The molecule has 92 valence electrons. The van der Waals surface area contributed by atoms with Crippen molar-refractivity contribution in [2.24, 2.45) is 0 Å². The van der Waals surface area contributed by atoms with E-state index in [9.17, 15) is 16.8 Å². The van der Waals surface area contributed by atoms with Crippen LogP contribution in [-0.2, 0) is 28.6 Å². The van der Waals surface area contributed by atoms with E-state index < -0.39 is 20.8 Å². The van der Waals surface area contributed by atoms with Gasteiger partial charge in [-0.25, -0.2) is 4.18 Å². The largest absolute Gasteiger partial charge is 0.416 e. The zero-order valence-electron chi connectivity index (χ0n) is 7.70. The van der Waals surface area contributed by atoms with Crippen LogP contribution in [0.3, 0.4) is 0 Å². The van der Waals surface area contributed by atoms with Crippen molar-refractivity contribution in [2.45, 2.75) is 19.3 Å². The summed E-state index contributed by atoms with van der Waals surface area (Å²) in [4.78, 5) is 0. The Labute approximate surface area is 88.1 Å². The summed E-state index contributed by atoms with van der Waals surface area (Å²) < 4.78 is 56.7. The molecule has 0 bridgehead atoms. The van der Waals surface area contributed by atoms with Crippen LogP contribution in [-0.4, -0.2) is 39.7 Å². The molecule has 0 saturated carbocycles. The molecule has 0 aliphatic heterocycles. The Balaban J connectivity index is 3.86. The van der Waals surface area contributed by atoms with Crippen LogP contribution < -0.4 is 0 Å². The Bertz CT molecular complexity index is 354. The van der Waals surface area contributed by atoms with Gasteiger partial charge < -0.3 is 5.11 Å². The number of aliphatic hydroxyl groups excluding tert-OH is 1. The van der Waals surface area contributed by atoms with Gasteiger partial charge in [0.05, 0.1) is 6.61 Å². The minimum absolute atomic E-state index is 0.0196. The first-order valence-corrected chi connectivity index (χ1v) is 6.65. The predicted molar refractivity (Wildman–Crippen MR) is 48.4 cm³/mol. The molecule has 0 spiro atoms. The number of rotatable bonds is 8. The maximum absolute atomic E-state index is 10.6. The van der Waals surface area contributed by atoms with Crippen LogP contribution in [0.1, 0.15) is 19.3 Å². The molecular weight excluding hydrogens is 252 g/mol. The second-order valence-electron chi connectivity index (χ2n) is 2.51. The van der Waals surface area contributed by atoms with Gasteiger partial charge in [0.25, 0.3) is 0 Å². The summed E-state index contributed by atoms with van der Waals surface area (Å²) in [5.41, 5.74) is 0. The van der Waals surface area contributed by atoms with Gasteiger partial charge in [-0.05, 0) is 19.3 Å². The number of unbranched alkanes of at least 4 members (excludes halogenated alkanes) is 2. The van der Waals surface area contributed by atoms with Gasteiger partial charge >= 0.3 is 20.8 Å². The van der Waals surface area contributed by atoms with Crippen LogP contribution in [0.15, 0.2) is 0 Å². The van der Waals surface area contributed by atoms with E-state index in [4.69, 9.17) is 9.66 Å². The third-order valence-corrected chi connectivity index (χ3v) is 3.01. The summed E-state index contributed by atoms with van der Waals surface area (Å²) >= 11 is 0. The molecule has 0 unspecified atom stereocenters. The molecule has 0 aliphatic carbocycles.